The van der Waals surface area contributed by atoms with Crippen LogP contribution >= 0.6 is 0 Å². The molecule has 0 saturated heterocycles. The Labute approximate surface area is 112 Å². The molecule has 0 radical (unpaired) electrons. The molecule has 1 aliphatic rings. The smallest absolute Gasteiger partial charge is 0.0717 e. The fourth-order valence-corrected chi connectivity index (χ4v) is 5.70. The largest absolute Gasteiger partial charge is 0.376 e. The van der Waals surface area contributed by atoms with Gasteiger partial charge in [0.05, 0.1) is 21.3 Å². The number of allylic oxidation sites excluding steroid dienone is 1. The Morgan fingerprint density at radius 3 is 2.50 bits per heavy atom. The second-order valence-corrected chi connectivity index (χ2v) is 11.8. The summed E-state index contributed by atoms with van der Waals surface area (Å²) in [6.45, 7) is 13.0. The minimum absolute atomic E-state index is 0.420. The topological polar surface area (TPSA) is 9.23 Å². The summed E-state index contributed by atoms with van der Waals surface area (Å²) in [7, 11) is -1.16. The molecule has 0 spiro atoms. The zero-order valence-electron chi connectivity index (χ0n) is 11.8. The lowest BCUT2D eigenvalue weighted by Gasteiger charge is -2.27. The summed E-state index contributed by atoms with van der Waals surface area (Å²) in [6, 6.07) is 10.4. The van der Waals surface area contributed by atoms with Crippen LogP contribution in [-0.4, -0.2) is 14.7 Å². The maximum absolute atomic E-state index is 5.87. The quantitative estimate of drug-likeness (QED) is 0.541. The minimum Gasteiger partial charge on any atom is -0.376 e. The summed E-state index contributed by atoms with van der Waals surface area (Å²) in [5.41, 5.74) is 1.26. The first-order valence-electron chi connectivity index (χ1n) is 6.75. The Balaban J connectivity index is 1.82. The highest BCUT2D eigenvalue weighted by atomic mass is 28.3. The molecule has 1 fully saturated rings. The van der Waals surface area contributed by atoms with Gasteiger partial charge in [0.1, 0.15) is 0 Å². The van der Waals surface area contributed by atoms with Crippen molar-refractivity contribution in [2.45, 2.75) is 37.7 Å². The molecule has 1 saturated carbocycles. The van der Waals surface area contributed by atoms with Crippen LogP contribution in [0.4, 0.5) is 0 Å². The predicted molar refractivity (Wildman–Crippen MR) is 80.4 cm³/mol. The second kappa shape index (κ2) is 5.02. The first-order valence-corrected chi connectivity index (χ1v) is 10.2. The molecule has 2 heteroatoms. The summed E-state index contributed by atoms with van der Waals surface area (Å²) in [5.74, 6) is 0.699. The molecule has 0 aliphatic heterocycles. The third kappa shape index (κ3) is 2.60. The van der Waals surface area contributed by atoms with Crippen LogP contribution in [0, 0.1) is 5.92 Å². The molecular formula is C16H24OSi. The number of benzene rings is 1. The van der Waals surface area contributed by atoms with Crippen LogP contribution in [0.25, 0.3) is 0 Å². The fourth-order valence-electron chi connectivity index (χ4n) is 2.92. The number of rotatable bonds is 6. The monoisotopic (exact) mass is 260 g/mol. The molecule has 18 heavy (non-hydrogen) atoms. The molecule has 1 aliphatic carbocycles. The minimum atomic E-state index is -1.16. The van der Waals surface area contributed by atoms with Crippen molar-refractivity contribution in [1.29, 1.82) is 0 Å². The molecule has 98 valence electrons. The van der Waals surface area contributed by atoms with Gasteiger partial charge in [0.2, 0.25) is 0 Å². The molecule has 2 rings (SSSR count). The van der Waals surface area contributed by atoms with E-state index in [0.29, 0.717) is 11.0 Å². The first kappa shape index (κ1) is 13.6. The zero-order chi connectivity index (χ0) is 13.2. The van der Waals surface area contributed by atoms with Crippen LogP contribution in [0.5, 0.6) is 0 Å². The SMILES string of the molecule is C=CC1([Si](C)(C)C)CC1COCc1ccccc1. The molecule has 0 bridgehead atoms. The molecule has 0 heterocycles. The molecule has 1 aromatic carbocycles. The first-order chi connectivity index (χ1) is 8.49. The number of ether oxygens (including phenoxy) is 1. The van der Waals surface area contributed by atoms with Gasteiger partial charge >= 0.3 is 0 Å². The molecule has 2 unspecified atom stereocenters. The summed E-state index contributed by atoms with van der Waals surface area (Å²) >= 11 is 0. The summed E-state index contributed by atoms with van der Waals surface area (Å²) < 4.78 is 5.87. The van der Waals surface area contributed by atoms with E-state index in [0.717, 1.165) is 13.2 Å². The van der Waals surface area contributed by atoms with E-state index >= 15 is 0 Å². The highest BCUT2D eigenvalue weighted by molar-refractivity contribution is 6.80. The van der Waals surface area contributed by atoms with Gasteiger partial charge in [-0.15, -0.1) is 6.58 Å². The van der Waals surface area contributed by atoms with Crippen LogP contribution in [0.1, 0.15) is 12.0 Å². The van der Waals surface area contributed by atoms with Gasteiger partial charge in [0.25, 0.3) is 0 Å². The standard InChI is InChI=1S/C16H24OSi/c1-5-16(18(2,3)4)11-15(16)13-17-12-14-9-7-6-8-10-14/h5-10,15H,1,11-13H2,2-4H3. The summed E-state index contributed by atoms with van der Waals surface area (Å²) in [4.78, 5) is 0. The molecule has 2 atom stereocenters. The Hall–Kier alpha value is -0.863. The lowest BCUT2D eigenvalue weighted by Crippen LogP contribution is -2.30. The van der Waals surface area contributed by atoms with Crippen molar-refractivity contribution in [3.8, 4) is 0 Å². The number of hydrogen-bond donors (Lipinski definition) is 0. The zero-order valence-corrected chi connectivity index (χ0v) is 12.8. The van der Waals surface area contributed by atoms with Gasteiger partial charge in [0.15, 0.2) is 0 Å². The van der Waals surface area contributed by atoms with Gasteiger partial charge in [-0.1, -0.05) is 56.0 Å². The average Bonchev–Trinajstić information content (AvgIpc) is 3.05. The van der Waals surface area contributed by atoms with Gasteiger partial charge in [-0.05, 0) is 22.9 Å². The lowest BCUT2D eigenvalue weighted by molar-refractivity contribution is 0.109. The molecule has 0 aromatic heterocycles. The number of hydrogen-bond acceptors (Lipinski definition) is 1. The van der Waals surface area contributed by atoms with E-state index < -0.39 is 8.07 Å². The van der Waals surface area contributed by atoms with Gasteiger partial charge in [-0.3, -0.25) is 0 Å². The van der Waals surface area contributed by atoms with Crippen LogP contribution in [0.15, 0.2) is 43.0 Å². The van der Waals surface area contributed by atoms with Gasteiger partial charge in [0, 0.05) is 0 Å². The van der Waals surface area contributed by atoms with Crippen LogP contribution in [0.2, 0.25) is 24.7 Å². The Morgan fingerprint density at radius 2 is 2.00 bits per heavy atom. The van der Waals surface area contributed by atoms with Crippen LogP contribution < -0.4 is 0 Å². The second-order valence-electron chi connectivity index (χ2n) is 6.40. The highest BCUT2D eigenvalue weighted by Gasteiger charge is 2.59. The van der Waals surface area contributed by atoms with Crippen molar-refractivity contribution in [3.63, 3.8) is 0 Å². The van der Waals surface area contributed by atoms with Crippen molar-refractivity contribution < 1.29 is 4.74 Å². The van der Waals surface area contributed by atoms with E-state index in [4.69, 9.17) is 4.74 Å². The molecule has 0 amide bonds. The molecule has 0 N–H and O–H groups in total. The maximum atomic E-state index is 5.87. The van der Waals surface area contributed by atoms with Gasteiger partial charge in [-0.2, -0.15) is 0 Å². The van der Waals surface area contributed by atoms with Gasteiger partial charge in [-0.25, -0.2) is 0 Å². The van der Waals surface area contributed by atoms with Gasteiger partial charge < -0.3 is 4.74 Å². The third-order valence-electron chi connectivity index (χ3n) is 4.34. The van der Waals surface area contributed by atoms with E-state index in [2.05, 4.69) is 56.6 Å². The van der Waals surface area contributed by atoms with E-state index in [-0.39, 0.29) is 0 Å². The maximum Gasteiger partial charge on any atom is 0.0717 e. The Kier molecular flexibility index (Phi) is 3.78. The van der Waals surface area contributed by atoms with Crippen molar-refractivity contribution in [3.05, 3.63) is 48.6 Å². The highest BCUT2D eigenvalue weighted by Crippen LogP contribution is 2.66. The predicted octanol–water partition coefficient (Wildman–Crippen LogP) is 4.49. The van der Waals surface area contributed by atoms with Crippen LogP contribution in [-0.2, 0) is 11.3 Å². The average molecular weight is 260 g/mol. The summed E-state index contributed by atoms with van der Waals surface area (Å²) in [6.07, 6.45) is 3.48. The molecular weight excluding hydrogens is 236 g/mol. The van der Waals surface area contributed by atoms with Crippen molar-refractivity contribution >= 4 is 8.07 Å². The van der Waals surface area contributed by atoms with Crippen LogP contribution in [0.3, 0.4) is 0 Å². The fraction of sp³-hybridized carbons (Fsp3) is 0.500. The Bertz CT molecular complexity index is 407. The third-order valence-corrected chi connectivity index (χ3v) is 7.95. The lowest BCUT2D eigenvalue weighted by atomic mass is 10.2. The normalized spacial score (nSPS) is 26.9. The molecule has 1 aromatic rings. The van der Waals surface area contributed by atoms with Crippen molar-refractivity contribution in [2.24, 2.45) is 5.92 Å². The van der Waals surface area contributed by atoms with E-state index in [9.17, 15) is 0 Å². The van der Waals surface area contributed by atoms with E-state index in [1.54, 1.807) is 0 Å². The van der Waals surface area contributed by atoms with E-state index in [1.807, 2.05) is 6.07 Å². The van der Waals surface area contributed by atoms with E-state index in [1.165, 1.54) is 12.0 Å². The van der Waals surface area contributed by atoms with Crippen molar-refractivity contribution in [2.75, 3.05) is 6.61 Å². The summed E-state index contributed by atoms with van der Waals surface area (Å²) in [5, 5.41) is 0.420. The Morgan fingerprint density at radius 1 is 1.33 bits per heavy atom. The van der Waals surface area contributed by atoms with Crippen molar-refractivity contribution in [1.82, 2.24) is 0 Å². The molecule has 1 nitrogen and oxygen atoms in total.